The highest BCUT2D eigenvalue weighted by Gasteiger charge is 2.34. The second-order valence-corrected chi connectivity index (χ2v) is 5.88. The minimum absolute atomic E-state index is 0.0619. The van der Waals surface area contributed by atoms with Gasteiger partial charge in [-0.2, -0.15) is 0 Å². The molecule has 1 aromatic rings. The van der Waals surface area contributed by atoms with E-state index in [2.05, 4.69) is 30.0 Å². The molecule has 2 rings (SSSR count). The Morgan fingerprint density at radius 2 is 2.15 bits per heavy atom. The normalized spacial score (nSPS) is 24.1. The highest BCUT2D eigenvalue weighted by Crippen LogP contribution is 2.36. The molecule has 1 heterocycles. The SMILES string of the molecule is C[NH2+]C(c1ncccc1S)C1CCC(C(=O)OC)CC1. The van der Waals surface area contributed by atoms with Crippen LogP contribution in [0.4, 0.5) is 0 Å². The number of carbonyl (C=O) groups excluding carboxylic acids is 1. The predicted molar refractivity (Wildman–Crippen MR) is 79.5 cm³/mol. The number of esters is 1. The number of rotatable bonds is 4. The molecule has 1 aliphatic rings. The van der Waals surface area contributed by atoms with Crippen LogP contribution in [0.25, 0.3) is 0 Å². The molecule has 0 aromatic carbocycles. The van der Waals surface area contributed by atoms with Gasteiger partial charge in [-0.1, -0.05) is 0 Å². The summed E-state index contributed by atoms with van der Waals surface area (Å²) >= 11 is 4.52. The number of hydrogen-bond acceptors (Lipinski definition) is 4. The number of hydrogen-bond donors (Lipinski definition) is 2. The Morgan fingerprint density at radius 1 is 1.45 bits per heavy atom. The van der Waals surface area contributed by atoms with Crippen molar-refractivity contribution < 1.29 is 14.8 Å². The first-order chi connectivity index (χ1) is 9.67. The van der Waals surface area contributed by atoms with Crippen molar-refractivity contribution in [2.45, 2.75) is 36.6 Å². The van der Waals surface area contributed by atoms with E-state index in [9.17, 15) is 4.79 Å². The van der Waals surface area contributed by atoms with Crippen LogP contribution in [0.3, 0.4) is 0 Å². The summed E-state index contributed by atoms with van der Waals surface area (Å²) in [5.41, 5.74) is 1.06. The van der Waals surface area contributed by atoms with Crippen LogP contribution >= 0.6 is 12.6 Å². The van der Waals surface area contributed by atoms with Gasteiger partial charge in [-0.25, -0.2) is 0 Å². The zero-order valence-electron chi connectivity index (χ0n) is 12.1. The fraction of sp³-hybridized carbons (Fsp3) is 0.600. The van der Waals surface area contributed by atoms with Crippen LogP contribution in [0.2, 0.25) is 0 Å². The van der Waals surface area contributed by atoms with Gasteiger partial charge >= 0.3 is 5.97 Å². The number of aromatic nitrogens is 1. The lowest BCUT2D eigenvalue weighted by molar-refractivity contribution is -0.679. The van der Waals surface area contributed by atoms with Crippen LogP contribution in [0.15, 0.2) is 23.2 Å². The molecule has 1 fully saturated rings. The summed E-state index contributed by atoms with van der Waals surface area (Å²) in [5.74, 6) is 0.558. The van der Waals surface area contributed by atoms with Crippen LogP contribution in [-0.2, 0) is 9.53 Å². The summed E-state index contributed by atoms with van der Waals surface area (Å²) in [7, 11) is 3.55. The zero-order valence-corrected chi connectivity index (χ0v) is 13.0. The van der Waals surface area contributed by atoms with Crippen molar-refractivity contribution >= 4 is 18.6 Å². The van der Waals surface area contributed by atoms with E-state index in [0.717, 1.165) is 36.3 Å². The molecule has 110 valence electrons. The maximum Gasteiger partial charge on any atom is 0.308 e. The van der Waals surface area contributed by atoms with Crippen molar-refractivity contribution in [1.29, 1.82) is 0 Å². The van der Waals surface area contributed by atoms with Gasteiger partial charge in [0.2, 0.25) is 0 Å². The van der Waals surface area contributed by atoms with E-state index in [0.29, 0.717) is 12.0 Å². The number of ether oxygens (including phenoxy) is 1. The van der Waals surface area contributed by atoms with Crippen LogP contribution in [0.1, 0.15) is 37.4 Å². The smallest absolute Gasteiger partial charge is 0.308 e. The summed E-state index contributed by atoms with van der Waals surface area (Å²) in [5, 5.41) is 2.21. The number of carbonyl (C=O) groups is 1. The zero-order chi connectivity index (χ0) is 14.5. The van der Waals surface area contributed by atoms with Crippen molar-refractivity contribution in [3.8, 4) is 0 Å². The van der Waals surface area contributed by atoms with Crippen LogP contribution in [-0.4, -0.2) is 25.1 Å². The third kappa shape index (κ3) is 3.33. The Hall–Kier alpha value is -1.07. The van der Waals surface area contributed by atoms with Crippen molar-refractivity contribution in [2.24, 2.45) is 11.8 Å². The quantitative estimate of drug-likeness (QED) is 0.655. The van der Waals surface area contributed by atoms with Crippen molar-refractivity contribution in [3.05, 3.63) is 24.0 Å². The fourth-order valence-corrected chi connectivity index (χ4v) is 3.49. The second kappa shape index (κ2) is 7.09. The molecule has 1 saturated carbocycles. The van der Waals surface area contributed by atoms with Gasteiger partial charge in [0.1, 0.15) is 11.7 Å². The highest BCUT2D eigenvalue weighted by molar-refractivity contribution is 7.80. The molecule has 20 heavy (non-hydrogen) atoms. The Labute approximate surface area is 125 Å². The molecule has 1 aliphatic carbocycles. The number of pyridine rings is 1. The molecule has 1 unspecified atom stereocenters. The van der Waals surface area contributed by atoms with E-state index in [-0.39, 0.29) is 11.9 Å². The van der Waals surface area contributed by atoms with Gasteiger partial charge in [0.25, 0.3) is 0 Å². The highest BCUT2D eigenvalue weighted by atomic mass is 32.1. The van der Waals surface area contributed by atoms with E-state index in [1.807, 2.05) is 18.3 Å². The molecule has 0 radical (unpaired) electrons. The second-order valence-electron chi connectivity index (χ2n) is 5.40. The topological polar surface area (TPSA) is 55.8 Å². The van der Waals surface area contributed by atoms with Crippen LogP contribution < -0.4 is 5.32 Å². The molecule has 2 N–H and O–H groups in total. The van der Waals surface area contributed by atoms with Gasteiger partial charge in [-0.15, -0.1) is 12.6 Å². The van der Waals surface area contributed by atoms with Gasteiger partial charge in [0.05, 0.1) is 20.1 Å². The lowest BCUT2D eigenvalue weighted by Crippen LogP contribution is -2.82. The van der Waals surface area contributed by atoms with E-state index in [1.165, 1.54) is 7.11 Å². The van der Waals surface area contributed by atoms with Crippen LogP contribution in [0.5, 0.6) is 0 Å². The van der Waals surface area contributed by atoms with Crippen molar-refractivity contribution in [3.63, 3.8) is 0 Å². The third-order valence-electron chi connectivity index (χ3n) is 4.31. The molecule has 0 bridgehead atoms. The summed E-state index contributed by atoms with van der Waals surface area (Å²) in [4.78, 5) is 17.0. The summed E-state index contributed by atoms with van der Waals surface area (Å²) in [6.07, 6.45) is 5.73. The van der Waals surface area contributed by atoms with E-state index >= 15 is 0 Å². The average Bonchev–Trinajstić information content (AvgIpc) is 2.50. The lowest BCUT2D eigenvalue weighted by atomic mass is 9.77. The van der Waals surface area contributed by atoms with Gasteiger partial charge < -0.3 is 10.1 Å². The minimum atomic E-state index is -0.0619. The summed E-state index contributed by atoms with van der Waals surface area (Å²) in [6.45, 7) is 0. The van der Waals surface area contributed by atoms with Crippen molar-refractivity contribution in [2.75, 3.05) is 14.2 Å². The van der Waals surface area contributed by atoms with Crippen LogP contribution in [0, 0.1) is 11.8 Å². The molecule has 0 aliphatic heterocycles. The first-order valence-electron chi connectivity index (χ1n) is 7.18. The number of quaternary nitrogens is 1. The number of thiol groups is 1. The molecule has 0 spiro atoms. The van der Waals surface area contributed by atoms with Gasteiger partial charge in [0, 0.05) is 17.0 Å². The molecule has 4 nitrogen and oxygen atoms in total. The Morgan fingerprint density at radius 3 is 2.70 bits per heavy atom. The predicted octanol–water partition coefficient (Wildman–Crippen LogP) is 1.58. The van der Waals surface area contributed by atoms with Gasteiger partial charge in [-0.3, -0.25) is 9.78 Å². The number of methoxy groups -OCH3 is 1. The Kier molecular flexibility index (Phi) is 5.43. The first-order valence-corrected chi connectivity index (χ1v) is 7.63. The summed E-state index contributed by atoms with van der Waals surface area (Å²) < 4.78 is 4.84. The monoisotopic (exact) mass is 295 g/mol. The fourth-order valence-electron chi connectivity index (χ4n) is 3.20. The molecule has 1 atom stereocenters. The lowest BCUT2D eigenvalue weighted by Gasteiger charge is -2.30. The Balaban J connectivity index is 2.04. The molecule has 1 aromatic heterocycles. The van der Waals surface area contributed by atoms with Gasteiger partial charge in [-0.05, 0) is 37.8 Å². The maximum atomic E-state index is 11.6. The molecule has 0 saturated heterocycles. The van der Waals surface area contributed by atoms with E-state index in [1.54, 1.807) is 0 Å². The molecular formula is C15H23N2O2S+. The Bertz CT molecular complexity index is 459. The minimum Gasteiger partial charge on any atom is -0.469 e. The number of nitrogens with zero attached hydrogens (tertiary/aromatic N) is 1. The largest absolute Gasteiger partial charge is 0.469 e. The van der Waals surface area contributed by atoms with E-state index < -0.39 is 0 Å². The molecular weight excluding hydrogens is 272 g/mol. The maximum absolute atomic E-state index is 11.6. The average molecular weight is 295 g/mol. The molecule has 5 heteroatoms. The first kappa shape index (κ1) is 15.3. The standard InChI is InChI=1S/C15H22N2O2S/c1-16-13(14-12(20)4-3-9-17-14)10-5-7-11(8-6-10)15(18)19-2/h3-4,9-11,13,16,20H,5-8H2,1-2H3/p+1. The molecule has 0 amide bonds. The van der Waals surface area contributed by atoms with E-state index in [4.69, 9.17) is 4.74 Å². The summed E-state index contributed by atoms with van der Waals surface area (Å²) in [6, 6.07) is 4.22. The number of nitrogens with two attached hydrogens (primary N) is 1. The third-order valence-corrected chi connectivity index (χ3v) is 4.68. The van der Waals surface area contributed by atoms with Crippen molar-refractivity contribution in [1.82, 2.24) is 4.98 Å². The van der Waals surface area contributed by atoms with Gasteiger partial charge in [0.15, 0.2) is 0 Å².